The van der Waals surface area contributed by atoms with Gasteiger partial charge in [0.15, 0.2) is 0 Å². The Balaban J connectivity index is 1.34. The summed E-state index contributed by atoms with van der Waals surface area (Å²) < 4.78 is 5.75. The van der Waals surface area contributed by atoms with E-state index in [0.29, 0.717) is 11.7 Å². The second-order valence-electron chi connectivity index (χ2n) is 8.76. The lowest BCUT2D eigenvalue weighted by atomic mass is 10.0. The molecular formula is C31H24N4O. The Bertz CT molecular complexity index is 1620. The number of hydrogen-bond donors (Lipinski definition) is 0. The summed E-state index contributed by atoms with van der Waals surface area (Å²) in [7, 11) is 0. The Kier molecular flexibility index (Phi) is 5.80. The SMILES string of the molecule is CCCc1ccc(-c2ccc(-c3noc(-c4cc(-c5ccncc5)nc5ccccc45)n3)cc2)cc1. The normalized spacial score (nSPS) is 11.1. The molecule has 3 heterocycles. The molecule has 0 spiro atoms. The van der Waals surface area contributed by atoms with Crippen molar-refractivity contribution in [2.24, 2.45) is 0 Å². The molecule has 6 rings (SSSR count). The van der Waals surface area contributed by atoms with Crippen LogP contribution in [0.3, 0.4) is 0 Å². The van der Waals surface area contributed by atoms with Crippen LogP contribution in [0, 0.1) is 0 Å². The van der Waals surface area contributed by atoms with E-state index < -0.39 is 0 Å². The third-order valence-corrected chi connectivity index (χ3v) is 6.32. The molecule has 0 bridgehead atoms. The predicted molar refractivity (Wildman–Crippen MR) is 143 cm³/mol. The number of aryl methyl sites for hydroxylation is 1. The monoisotopic (exact) mass is 468 g/mol. The molecule has 3 aromatic carbocycles. The van der Waals surface area contributed by atoms with Gasteiger partial charge in [-0.05, 0) is 47.4 Å². The summed E-state index contributed by atoms with van der Waals surface area (Å²) in [5, 5.41) is 5.26. The topological polar surface area (TPSA) is 64.7 Å². The Morgan fingerprint density at radius 3 is 2.14 bits per heavy atom. The van der Waals surface area contributed by atoms with Gasteiger partial charge >= 0.3 is 0 Å². The molecule has 5 nitrogen and oxygen atoms in total. The van der Waals surface area contributed by atoms with Crippen LogP contribution in [-0.4, -0.2) is 20.1 Å². The lowest BCUT2D eigenvalue weighted by Crippen LogP contribution is -1.90. The fourth-order valence-electron chi connectivity index (χ4n) is 4.44. The van der Waals surface area contributed by atoms with Crippen LogP contribution in [0.25, 0.3) is 56.1 Å². The Hall–Kier alpha value is -4.64. The molecule has 0 N–H and O–H groups in total. The average molecular weight is 469 g/mol. The molecule has 36 heavy (non-hydrogen) atoms. The van der Waals surface area contributed by atoms with E-state index in [9.17, 15) is 0 Å². The van der Waals surface area contributed by atoms with Crippen LogP contribution in [0.15, 0.2) is 108 Å². The van der Waals surface area contributed by atoms with Gasteiger partial charge in [0.05, 0.1) is 16.8 Å². The van der Waals surface area contributed by atoms with Gasteiger partial charge in [0, 0.05) is 28.9 Å². The number of aromatic nitrogens is 4. The van der Waals surface area contributed by atoms with E-state index in [2.05, 4.69) is 53.5 Å². The van der Waals surface area contributed by atoms with Gasteiger partial charge in [-0.25, -0.2) is 4.98 Å². The molecule has 5 heteroatoms. The maximum atomic E-state index is 5.75. The Morgan fingerprint density at radius 2 is 1.39 bits per heavy atom. The molecule has 0 atom stereocenters. The Labute approximate surface area is 209 Å². The van der Waals surface area contributed by atoms with Crippen LogP contribution in [0.5, 0.6) is 0 Å². The number of pyridine rings is 2. The van der Waals surface area contributed by atoms with Gasteiger partial charge in [0.2, 0.25) is 5.82 Å². The second kappa shape index (κ2) is 9.55. The summed E-state index contributed by atoms with van der Waals surface area (Å²) in [6.45, 7) is 2.20. The van der Waals surface area contributed by atoms with Crippen LogP contribution < -0.4 is 0 Å². The molecule has 0 radical (unpaired) electrons. The third-order valence-electron chi connectivity index (χ3n) is 6.32. The molecule has 0 amide bonds. The first-order chi connectivity index (χ1) is 17.8. The summed E-state index contributed by atoms with van der Waals surface area (Å²) in [6, 6.07) is 30.9. The maximum absolute atomic E-state index is 5.75. The fraction of sp³-hybridized carbons (Fsp3) is 0.0968. The van der Waals surface area contributed by atoms with Crippen LogP contribution in [-0.2, 0) is 6.42 Å². The van der Waals surface area contributed by atoms with Gasteiger partial charge in [0.25, 0.3) is 5.89 Å². The molecule has 0 fully saturated rings. The van der Waals surface area contributed by atoms with Crippen molar-refractivity contribution in [3.05, 3.63) is 109 Å². The quantitative estimate of drug-likeness (QED) is 0.251. The smallest absolute Gasteiger partial charge is 0.259 e. The largest absolute Gasteiger partial charge is 0.334 e. The number of fused-ring (bicyclic) bond motifs is 1. The minimum atomic E-state index is 0.467. The molecular weight excluding hydrogens is 444 g/mol. The highest BCUT2D eigenvalue weighted by Crippen LogP contribution is 2.32. The predicted octanol–water partition coefficient (Wildman–Crippen LogP) is 7.63. The van der Waals surface area contributed by atoms with E-state index in [1.165, 1.54) is 11.1 Å². The van der Waals surface area contributed by atoms with Crippen molar-refractivity contribution in [2.45, 2.75) is 19.8 Å². The first-order valence-electron chi connectivity index (χ1n) is 12.1. The van der Waals surface area contributed by atoms with Crippen molar-refractivity contribution in [1.29, 1.82) is 0 Å². The summed E-state index contributed by atoms with van der Waals surface area (Å²) in [5.41, 5.74) is 8.17. The van der Waals surface area contributed by atoms with Gasteiger partial charge in [-0.2, -0.15) is 4.98 Å². The number of rotatable bonds is 6. The van der Waals surface area contributed by atoms with Crippen molar-refractivity contribution >= 4 is 10.9 Å². The summed E-state index contributed by atoms with van der Waals surface area (Å²) in [4.78, 5) is 13.7. The molecule has 0 saturated carbocycles. The maximum Gasteiger partial charge on any atom is 0.259 e. The van der Waals surface area contributed by atoms with E-state index in [4.69, 9.17) is 14.5 Å². The molecule has 174 valence electrons. The van der Waals surface area contributed by atoms with Crippen molar-refractivity contribution in [3.63, 3.8) is 0 Å². The zero-order valence-corrected chi connectivity index (χ0v) is 19.9. The molecule has 0 unspecified atom stereocenters. The Morgan fingerprint density at radius 1 is 0.694 bits per heavy atom. The molecule has 0 aliphatic rings. The lowest BCUT2D eigenvalue weighted by molar-refractivity contribution is 0.432. The second-order valence-corrected chi connectivity index (χ2v) is 8.76. The molecule has 3 aromatic heterocycles. The van der Waals surface area contributed by atoms with E-state index in [1.807, 2.05) is 54.6 Å². The molecule has 0 aliphatic carbocycles. The molecule has 6 aromatic rings. The van der Waals surface area contributed by atoms with Gasteiger partial charge in [-0.15, -0.1) is 0 Å². The van der Waals surface area contributed by atoms with Gasteiger partial charge in [-0.3, -0.25) is 4.98 Å². The summed E-state index contributed by atoms with van der Waals surface area (Å²) in [6.07, 6.45) is 5.79. The van der Waals surface area contributed by atoms with Crippen molar-refractivity contribution in [2.75, 3.05) is 0 Å². The standard InChI is InChI=1S/C31H24N4O/c1-2-5-21-8-10-22(11-9-21)23-12-14-25(15-13-23)30-34-31(36-35-30)27-20-29(24-16-18-32-19-17-24)33-28-7-4-3-6-26(27)28/h3-4,6-20H,2,5H2,1H3. The first-order valence-corrected chi connectivity index (χ1v) is 12.1. The zero-order chi connectivity index (χ0) is 24.3. The average Bonchev–Trinajstić information content (AvgIpc) is 3.44. The molecule has 0 aliphatic heterocycles. The summed E-state index contributed by atoms with van der Waals surface area (Å²) >= 11 is 0. The summed E-state index contributed by atoms with van der Waals surface area (Å²) in [5.74, 6) is 1.02. The van der Waals surface area contributed by atoms with Crippen LogP contribution >= 0.6 is 0 Å². The van der Waals surface area contributed by atoms with E-state index in [0.717, 1.165) is 51.7 Å². The minimum Gasteiger partial charge on any atom is -0.334 e. The first kappa shape index (κ1) is 21.9. The highest BCUT2D eigenvalue weighted by molar-refractivity contribution is 5.94. The number of nitrogens with zero attached hydrogens (tertiary/aromatic N) is 4. The van der Waals surface area contributed by atoms with Crippen molar-refractivity contribution in [1.82, 2.24) is 20.1 Å². The molecule has 0 saturated heterocycles. The number of para-hydroxylation sites is 1. The van der Waals surface area contributed by atoms with Crippen LogP contribution in [0.1, 0.15) is 18.9 Å². The lowest BCUT2D eigenvalue weighted by Gasteiger charge is -2.07. The van der Waals surface area contributed by atoms with Crippen molar-refractivity contribution < 1.29 is 4.52 Å². The minimum absolute atomic E-state index is 0.467. The van der Waals surface area contributed by atoms with E-state index in [1.54, 1.807) is 12.4 Å². The zero-order valence-electron chi connectivity index (χ0n) is 19.9. The highest BCUT2D eigenvalue weighted by atomic mass is 16.5. The van der Waals surface area contributed by atoms with Gasteiger partial charge in [-0.1, -0.05) is 85.2 Å². The highest BCUT2D eigenvalue weighted by Gasteiger charge is 2.16. The number of benzene rings is 3. The third kappa shape index (κ3) is 4.27. The van der Waals surface area contributed by atoms with Gasteiger partial charge < -0.3 is 4.52 Å². The van der Waals surface area contributed by atoms with E-state index in [-0.39, 0.29) is 0 Å². The van der Waals surface area contributed by atoms with Crippen LogP contribution in [0.4, 0.5) is 0 Å². The van der Waals surface area contributed by atoms with Crippen LogP contribution in [0.2, 0.25) is 0 Å². The van der Waals surface area contributed by atoms with Gasteiger partial charge in [0.1, 0.15) is 0 Å². The van der Waals surface area contributed by atoms with E-state index >= 15 is 0 Å². The number of hydrogen-bond acceptors (Lipinski definition) is 5. The fourth-order valence-corrected chi connectivity index (χ4v) is 4.44. The van der Waals surface area contributed by atoms with Crippen molar-refractivity contribution in [3.8, 4) is 45.2 Å².